The van der Waals surface area contributed by atoms with Crippen LogP contribution in [-0.4, -0.2) is 12.6 Å². The van der Waals surface area contributed by atoms with Crippen LogP contribution in [0.25, 0.3) is 0 Å². The summed E-state index contributed by atoms with van der Waals surface area (Å²) in [7, 11) is 0. The van der Waals surface area contributed by atoms with E-state index in [1.807, 2.05) is 25.2 Å². The molecule has 0 N–H and O–H groups in total. The molecule has 0 aliphatic heterocycles. The molecule has 0 saturated heterocycles. The molecular weight excluding hydrogens is 152 g/mol. The van der Waals surface area contributed by atoms with Crippen molar-refractivity contribution in [3.63, 3.8) is 0 Å². The van der Waals surface area contributed by atoms with Crippen molar-refractivity contribution in [1.29, 1.82) is 0 Å². The normalized spacial score (nSPS) is 12.1. The smallest absolute Gasteiger partial charge is 0.302 e. The summed E-state index contributed by atoms with van der Waals surface area (Å²) in [5.41, 5.74) is 1.25. The Bertz CT molecular complexity index is 190. The number of hydrogen-bond acceptors (Lipinski definition) is 2. The zero-order valence-corrected chi connectivity index (χ0v) is 7.96. The molecular formula is C10H16O2. The van der Waals surface area contributed by atoms with Crippen LogP contribution in [0.4, 0.5) is 0 Å². The van der Waals surface area contributed by atoms with Crippen molar-refractivity contribution in [2.45, 2.75) is 27.2 Å². The van der Waals surface area contributed by atoms with Crippen molar-refractivity contribution in [2.24, 2.45) is 0 Å². The van der Waals surface area contributed by atoms with Crippen molar-refractivity contribution in [1.82, 2.24) is 0 Å². The van der Waals surface area contributed by atoms with Crippen molar-refractivity contribution in [3.8, 4) is 0 Å². The summed E-state index contributed by atoms with van der Waals surface area (Å²) in [5.74, 6) is -0.238. The Hall–Kier alpha value is -1.05. The standard InChI is InChI=1S/C10H16O2/c1-4-10(5-2)7-6-8-12-9(3)11/h4,6-7H,5,8H2,1-3H3. The third-order valence-corrected chi connectivity index (χ3v) is 1.49. The Balaban J connectivity index is 3.68. The first-order valence-corrected chi connectivity index (χ1v) is 4.15. The predicted octanol–water partition coefficient (Wildman–Crippen LogP) is 2.46. The number of ether oxygens (including phenoxy) is 1. The molecule has 0 atom stereocenters. The van der Waals surface area contributed by atoms with Crippen LogP contribution < -0.4 is 0 Å². The summed E-state index contributed by atoms with van der Waals surface area (Å²) >= 11 is 0. The first-order valence-electron chi connectivity index (χ1n) is 4.15. The Morgan fingerprint density at radius 3 is 2.58 bits per heavy atom. The topological polar surface area (TPSA) is 26.3 Å². The summed E-state index contributed by atoms with van der Waals surface area (Å²) < 4.78 is 4.73. The van der Waals surface area contributed by atoms with Crippen LogP contribution in [0.2, 0.25) is 0 Å². The van der Waals surface area contributed by atoms with Gasteiger partial charge in [-0.3, -0.25) is 4.79 Å². The molecule has 0 aliphatic rings. The number of carbonyl (C=O) groups excluding carboxylic acids is 1. The monoisotopic (exact) mass is 168 g/mol. The van der Waals surface area contributed by atoms with E-state index in [1.54, 1.807) is 0 Å². The van der Waals surface area contributed by atoms with Crippen LogP contribution in [0, 0.1) is 0 Å². The number of esters is 1. The molecule has 0 rings (SSSR count). The van der Waals surface area contributed by atoms with E-state index in [1.165, 1.54) is 12.5 Å². The van der Waals surface area contributed by atoms with Crippen LogP contribution in [0.3, 0.4) is 0 Å². The molecule has 0 aromatic carbocycles. The SMILES string of the molecule is CC=C(C=CCOC(C)=O)CC. The van der Waals surface area contributed by atoms with Crippen LogP contribution in [0.5, 0.6) is 0 Å². The van der Waals surface area contributed by atoms with Gasteiger partial charge in [-0.25, -0.2) is 0 Å². The molecule has 2 heteroatoms. The van der Waals surface area contributed by atoms with Crippen molar-refractivity contribution >= 4 is 5.97 Å². The fourth-order valence-corrected chi connectivity index (χ4v) is 0.783. The lowest BCUT2D eigenvalue weighted by Crippen LogP contribution is -1.97. The Morgan fingerprint density at radius 1 is 1.50 bits per heavy atom. The maximum absolute atomic E-state index is 10.4. The number of carbonyl (C=O) groups is 1. The summed E-state index contributed by atoms with van der Waals surface area (Å²) in [6.07, 6.45) is 6.88. The minimum absolute atomic E-state index is 0.238. The molecule has 12 heavy (non-hydrogen) atoms. The maximum Gasteiger partial charge on any atom is 0.302 e. The van der Waals surface area contributed by atoms with E-state index in [2.05, 4.69) is 6.92 Å². The van der Waals surface area contributed by atoms with Gasteiger partial charge in [0.05, 0.1) is 0 Å². The molecule has 0 aromatic rings. The average molecular weight is 168 g/mol. The van der Waals surface area contributed by atoms with E-state index in [9.17, 15) is 4.79 Å². The largest absolute Gasteiger partial charge is 0.462 e. The molecule has 0 heterocycles. The minimum Gasteiger partial charge on any atom is -0.462 e. The van der Waals surface area contributed by atoms with Gasteiger partial charge < -0.3 is 4.74 Å². The molecule has 2 nitrogen and oxygen atoms in total. The molecule has 0 bridgehead atoms. The lowest BCUT2D eigenvalue weighted by atomic mass is 10.2. The summed E-state index contributed by atoms with van der Waals surface area (Å²) in [6, 6.07) is 0. The van der Waals surface area contributed by atoms with Crippen molar-refractivity contribution < 1.29 is 9.53 Å². The van der Waals surface area contributed by atoms with Gasteiger partial charge in [-0.2, -0.15) is 0 Å². The second-order valence-electron chi connectivity index (χ2n) is 2.42. The van der Waals surface area contributed by atoms with Crippen LogP contribution in [-0.2, 0) is 9.53 Å². The Kier molecular flexibility index (Phi) is 6.07. The van der Waals surface area contributed by atoms with Gasteiger partial charge in [-0.15, -0.1) is 0 Å². The average Bonchev–Trinajstić information content (AvgIpc) is 2.04. The number of allylic oxidation sites excluding steroid dienone is 3. The molecule has 0 amide bonds. The van der Waals surface area contributed by atoms with Gasteiger partial charge in [-0.1, -0.05) is 24.6 Å². The molecule has 0 aliphatic carbocycles. The van der Waals surface area contributed by atoms with Gasteiger partial charge in [-0.05, 0) is 19.4 Å². The fraction of sp³-hybridized carbons (Fsp3) is 0.500. The van der Waals surface area contributed by atoms with E-state index in [0.717, 1.165) is 6.42 Å². The zero-order chi connectivity index (χ0) is 9.40. The summed E-state index contributed by atoms with van der Waals surface area (Å²) in [5, 5.41) is 0. The molecule has 68 valence electrons. The van der Waals surface area contributed by atoms with E-state index in [4.69, 9.17) is 4.74 Å². The Morgan fingerprint density at radius 2 is 2.17 bits per heavy atom. The highest BCUT2D eigenvalue weighted by Crippen LogP contribution is 2.01. The van der Waals surface area contributed by atoms with Gasteiger partial charge >= 0.3 is 5.97 Å². The Labute approximate surface area is 73.9 Å². The second kappa shape index (κ2) is 6.65. The third kappa shape index (κ3) is 5.71. The van der Waals surface area contributed by atoms with E-state index < -0.39 is 0 Å². The summed E-state index contributed by atoms with van der Waals surface area (Å²) in [4.78, 5) is 10.4. The number of rotatable bonds is 4. The van der Waals surface area contributed by atoms with E-state index in [0.29, 0.717) is 6.61 Å². The molecule has 0 spiro atoms. The maximum atomic E-state index is 10.4. The summed E-state index contributed by atoms with van der Waals surface area (Å²) in [6.45, 7) is 5.86. The van der Waals surface area contributed by atoms with Crippen molar-refractivity contribution in [2.75, 3.05) is 6.61 Å². The molecule has 0 radical (unpaired) electrons. The quantitative estimate of drug-likeness (QED) is 0.476. The van der Waals surface area contributed by atoms with Gasteiger partial charge in [0, 0.05) is 6.92 Å². The van der Waals surface area contributed by atoms with Crippen molar-refractivity contribution in [3.05, 3.63) is 23.8 Å². The van der Waals surface area contributed by atoms with Gasteiger partial charge in [0.25, 0.3) is 0 Å². The third-order valence-electron chi connectivity index (χ3n) is 1.49. The van der Waals surface area contributed by atoms with Crippen LogP contribution >= 0.6 is 0 Å². The molecule has 0 unspecified atom stereocenters. The van der Waals surface area contributed by atoms with Crippen LogP contribution in [0.15, 0.2) is 23.8 Å². The fourth-order valence-electron chi connectivity index (χ4n) is 0.783. The van der Waals surface area contributed by atoms with Gasteiger partial charge in [0.15, 0.2) is 0 Å². The van der Waals surface area contributed by atoms with E-state index >= 15 is 0 Å². The van der Waals surface area contributed by atoms with Gasteiger partial charge in [0.1, 0.15) is 6.61 Å². The lowest BCUT2D eigenvalue weighted by molar-refractivity contribution is -0.139. The molecule has 0 aromatic heterocycles. The van der Waals surface area contributed by atoms with Gasteiger partial charge in [0.2, 0.25) is 0 Å². The first-order chi connectivity index (χ1) is 5.70. The highest BCUT2D eigenvalue weighted by Gasteiger charge is 1.87. The van der Waals surface area contributed by atoms with Crippen LogP contribution in [0.1, 0.15) is 27.2 Å². The second-order valence-corrected chi connectivity index (χ2v) is 2.42. The zero-order valence-electron chi connectivity index (χ0n) is 7.96. The highest BCUT2D eigenvalue weighted by atomic mass is 16.5. The highest BCUT2D eigenvalue weighted by molar-refractivity contribution is 5.66. The molecule has 0 fully saturated rings. The van der Waals surface area contributed by atoms with E-state index in [-0.39, 0.29) is 5.97 Å². The minimum atomic E-state index is -0.238. The first kappa shape index (κ1) is 11.0. The number of hydrogen-bond donors (Lipinski definition) is 0. The lowest BCUT2D eigenvalue weighted by Gasteiger charge is -1.96. The molecule has 0 saturated carbocycles. The predicted molar refractivity (Wildman–Crippen MR) is 49.8 cm³/mol.